The third-order valence-electron chi connectivity index (χ3n) is 11.7. The molecule has 3 heterocycles. The number of anilines is 3. The van der Waals surface area contributed by atoms with Crippen molar-refractivity contribution in [1.82, 2.24) is 5.32 Å². The highest BCUT2D eigenvalue weighted by molar-refractivity contribution is 6.28. The first-order chi connectivity index (χ1) is 30.2. The van der Waals surface area contributed by atoms with Crippen molar-refractivity contribution in [2.45, 2.75) is 6.17 Å². The first-order valence-electron chi connectivity index (χ1n) is 20.5. The van der Waals surface area contributed by atoms with Crippen molar-refractivity contribution in [2.24, 2.45) is 9.98 Å². The zero-order valence-corrected chi connectivity index (χ0v) is 32.9. The van der Waals surface area contributed by atoms with E-state index in [-0.39, 0.29) is 6.17 Å². The zero-order valence-electron chi connectivity index (χ0n) is 32.9. The van der Waals surface area contributed by atoms with Gasteiger partial charge in [-0.2, -0.15) is 0 Å². The molecule has 0 saturated heterocycles. The predicted octanol–water partition coefficient (Wildman–Crippen LogP) is 14.3. The second kappa shape index (κ2) is 14.3. The van der Waals surface area contributed by atoms with Crippen LogP contribution in [-0.4, -0.2) is 11.7 Å². The molecule has 6 nitrogen and oxygen atoms in total. The van der Waals surface area contributed by atoms with Gasteiger partial charge in [0.15, 0.2) is 5.84 Å². The van der Waals surface area contributed by atoms with Crippen molar-refractivity contribution in [1.29, 1.82) is 0 Å². The van der Waals surface area contributed by atoms with Gasteiger partial charge in [0.2, 0.25) is 0 Å². The summed E-state index contributed by atoms with van der Waals surface area (Å²) in [7, 11) is 0. The van der Waals surface area contributed by atoms with Crippen molar-refractivity contribution < 1.29 is 8.83 Å². The Kier molecular flexibility index (Phi) is 8.13. The Hall–Kier alpha value is -8.22. The van der Waals surface area contributed by atoms with Crippen LogP contribution < -0.4 is 10.2 Å². The number of benzene rings is 9. The summed E-state index contributed by atoms with van der Waals surface area (Å²) in [6, 6.07) is 71.4. The van der Waals surface area contributed by atoms with Crippen LogP contribution in [0, 0.1) is 0 Å². The van der Waals surface area contributed by atoms with Crippen molar-refractivity contribution in [3.63, 3.8) is 0 Å². The average molecular weight is 785 g/mol. The number of nitrogens with one attached hydrogen (secondary N) is 1. The summed E-state index contributed by atoms with van der Waals surface area (Å²) < 4.78 is 13.3. The second-order valence-electron chi connectivity index (χ2n) is 15.3. The Morgan fingerprint density at radius 1 is 0.443 bits per heavy atom. The minimum absolute atomic E-state index is 0.321. The molecule has 11 aromatic rings. The maximum Gasteiger partial charge on any atom is 0.159 e. The first-order valence-corrected chi connectivity index (χ1v) is 20.5. The van der Waals surface area contributed by atoms with Crippen molar-refractivity contribution in [3.8, 4) is 11.1 Å². The fraction of sp³-hybridized carbons (Fsp3) is 0.0182. The van der Waals surface area contributed by atoms with E-state index in [0.29, 0.717) is 5.84 Å². The molecular formula is C55H36N4O2. The lowest BCUT2D eigenvalue weighted by Crippen LogP contribution is -2.33. The van der Waals surface area contributed by atoms with Crippen LogP contribution in [-0.2, 0) is 0 Å². The number of para-hydroxylation sites is 3. The minimum Gasteiger partial charge on any atom is -0.456 e. The van der Waals surface area contributed by atoms with E-state index in [4.69, 9.17) is 18.8 Å². The van der Waals surface area contributed by atoms with E-state index in [0.717, 1.165) is 105 Å². The van der Waals surface area contributed by atoms with Gasteiger partial charge in [-0.25, -0.2) is 9.98 Å². The standard InChI is InChI=1S/C55H36N4O2/c1-4-16-36(17-5-1)53-56-54(37-18-6-2-7-19-37)58-55(57-53)45-27-15-29-48-51(45)50-43-24-11-10-22-41(43)46(34-49(50)60-48)59(38-20-8-3-9-21-38)39-32-30-35(31-33-39)40-25-14-26-44-42-23-12-13-28-47(42)61-52(40)44/h1-34,53H,(H,56,57,58). The number of rotatable bonds is 7. The molecule has 9 aromatic carbocycles. The molecular weight excluding hydrogens is 749 g/mol. The smallest absolute Gasteiger partial charge is 0.159 e. The van der Waals surface area contributed by atoms with E-state index in [2.05, 4.69) is 156 Å². The highest BCUT2D eigenvalue weighted by atomic mass is 16.3. The van der Waals surface area contributed by atoms with E-state index in [1.54, 1.807) is 0 Å². The van der Waals surface area contributed by atoms with Crippen LogP contribution in [0.25, 0.3) is 65.8 Å². The van der Waals surface area contributed by atoms with Crippen LogP contribution in [0.15, 0.2) is 225 Å². The van der Waals surface area contributed by atoms with Crippen molar-refractivity contribution in [3.05, 3.63) is 223 Å². The van der Waals surface area contributed by atoms with Gasteiger partial charge >= 0.3 is 0 Å². The molecule has 1 N–H and O–H groups in total. The molecule has 1 aliphatic heterocycles. The van der Waals surface area contributed by atoms with Crippen LogP contribution in [0.5, 0.6) is 0 Å². The van der Waals surface area contributed by atoms with E-state index >= 15 is 0 Å². The predicted molar refractivity (Wildman–Crippen MR) is 250 cm³/mol. The van der Waals surface area contributed by atoms with Crippen LogP contribution in [0.3, 0.4) is 0 Å². The summed E-state index contributed by atoms with van der Waals surface area (Å²) in [4.78, 5) is 12.6. The van der Waals surface area contributed by atoms with E-state index < -0.39 is 0 Å². The molecule has 1 unspecified atom stereocenters. The Bertz CT molecular complexity index is 3500. The van der Waals surface area contributed by atoms with Gasteiger partial charge in [-0.05, 0) is 52.9 Å². The highest BCUT2D eigenvalue weighted by Gasteiger charge is 2.26. The summed E-state index contributed by atoms with van der Waals surface area (Å²) in [5.74, 6) is 1.42. The molecule has 0 spiro atoms. The molecule has 6 heteroatoms. The maximum atomic E-state index is 6.87. The average Bonchev–Trinajstić information content (AvgIpc) is 3.92. The van der Waals surface area contributed by atoms with Crippen LogP contribution >= 0.6 is 0 Å². The molecule has 2 aromatic heterocycles. The number of hydrogen-bond acceptors (Lipinski definition) is 6. The van der Waals surface area contributed by atoms with Gasteiger partial charge < -0.3 is 19.1 Å². The molecule has 0 bridgehead atoms. The Morgan fingerprint density at radius 3 is 1.87 bits per heavy atom. The zero-order chi connectivity index (χ0) is 40.3. The molecule has 12 rings (SSSR count). The van der Waals surface area contributed by atoms with Gasteiger partial charge in [0.25, 0.3) is 0 Å². The van der Waals surface area contributed by atoms with Crippen LogP contribution in [0.4, 0.5) is 17.1 Å². The second-order valence-corrected chi connectivity index (χ2v) is 15.3. The number of hydrogen-bond donors (Lipinski definition) is 1. The van der Waals surface area contributed by atoms with Gasteiger partial charge in [0.1, 0.15) is 34.3 Å². The van der Waals surface area contributed by atoms with Crippen LogP contribution in [0.2, 0.25) is 0 Å². The van der Waals surface area contributed by atoms with Gasteiger partial charge in [0.05, 0.1) is 5.69 Å². The molecule has 0 aliphatic carbocycles. The fourth-order valence-electron chi connectivity index (χ4n) is 8.92. The van der Waals surface area contributed by atoms with Crippen molar-refractivity contribution >= 4 is 83.4 Å². The van der Waals surface area contributed by atoms with E-state index in [1.165, 1.54) is 0 Å². The Morgan fingerprint density at radius 2 is 1.07 bits per heavy atom. The summed E-state index contributed by atoms with van der Waals surface area (Å²) in [6.07, 6.45) is -0.321. The van der Waals surface area contributed by atoms with Gasteiger partial charge in [0, 0.05) is 61.1 Å². The summed E-state index contributed by atoms with van der Waals surface area (Å²) in [6.45, 7) is 0. The molecule has 1 aliphatic rings. The number of furan rings is 2. The maximum absolute atomic E-state index is 6.87. The monoisotopic (exact) mass is 784 g/mol. The molecule has 1 atom stereocenters. The van der Waals surface area contributed by atoms with Crippen molar-refractivity contribution in [2.75, 3.05) is 4.90 Å². The SMILES string of the molecule is c1ccc(C2=NC(c3ccccc3)NC(c3cccc4oc5cc(N(c6ccccc6)c6ccc(-c7cccc8c7oc7ccccc78)cc6)c6ccccc6c5c34)=N2)cc1. The molecule has 0 fully saturated rings. The van der Waals surface area contributed by atoms with Crippen LogP contribution in [0.1, 0.15) is 22.9 Å². The third-order valence-corrected chi connectivity index (χ3v) is 11.7. The summed E-state index contributed by atoms with van der Waals surface area (Å²) in [5, 5.41) is 10.2. The van der Waals surface area contributed by atoms with E-state index in [9.17, 15) is 0 Å². The number of fused-ring (bicyclic) bond motifs is 8. The summed E-state index contributed by atoms with van der Waals surface area (Å²) >= 11 is 0. The quantitative estimate of drug-likeness (QED) is 0.175. The number of amidine groups is 2. The van der Waals surface area contributed by atoms with Gasteiger partial charge in [-0.15, -0.1) is 0 Å². The van der Waals surface area contributed by atoms with Gasteiger partial charge in [-0.3, -0.25) is 0 Å². The largest absolute Gasteiger partial charge is 0.456 e. The molecule has 0 radical (unpaired) electrons. The first kappa shape index (κ1) is 34.8. The summed E-state index contributed by atoms with van der Waals surface area (Å²) in [5.41, 5.74) is 11.5. The molecule has 61 heavy (non-hydrogen) atoms. The van der Waals surface area contributed by atoms with Gasteiger partial charge in [-0.1, -0.05) is 164 Å². The third kappa shape index (κ3) is 5.88. The highest BCUT2D eigenvalue weighted by Crippen LogP contribution is 2.46. The molecule has 288 valence electrons. The molecule has 0 saturated carbocycles. The topological polar surface area (TPSA) is 66.3 Å². The fourth-order valence-corrected chi connectivity index (χ4v) is 8.92. The Labute approximate surface area is 351 Å². The lowest BCUT2D eigenvalue weighted by molar-refractivity contribution is 0.668. The van der Waals surface area contributed by atoms with E-state index in [1.807, 2.05) is 60.7 Å². The minimum atomic E-state index is -0.321. The Balaban J connectivity index is 1.02. The normalized spacial score (nSPS) is 14.1. The number of aliphatic imine (C=N–C) groups is 2. The number of nitrogens with zero attached hydrogens (tertiary/aromatic N) is 3. The lowest BCUT2D eigenvalue weighted by atomic mass is 9.97. The molecule has 0 amide bonds. The lowest BCUT2D eigenvalue weighted by Gasteiger charge is -2.27.